The highest BCUT2D eigenvalue weighted by Crippen LogP contribution is 2.27. The van der Waals surface area contributed by atoms with E-state index in [-0.39, 0.29) is 17.8 Å². The fourth-order valence-electron chi connectivity index (χ4n) is 2.36. The summed E-state index contributed by atoms with van der Waals surface area (Å²) >= 11 is 1.31. The van der Waals surface area contributed by atoms with Crippen LogP contribution in [-0.2, 0) is 10.5 Å². The van der Waals surface area contributed by atoms with Crippen molar-refractivity contribution in [2.45, 2.75) is 25.7 Å². The van der Waals surface area contributed by atoms with Crippen molar-refractivity contribution in [3.8, 4) is 11.5 Å². The number of carbonyl (C=O) groups excluding carboxylic acids is 1. The number of hydrogen-bond acceptors (Lipinski definition) is 5. The number of hydrogen-bond donors (Lipinski definition) is 2. The van der Waals surface area contributed by atoms with E-state index in [4.69, 9.17) is 14.6 Å². The van der Waals surface area contributed by atoms with Gasteiger partial charge in [-0.2, -0.15) is 0 Å². The van der Waals surface area contributed by atoms with Gasteiger partial charge in [-0.05, 0) is 43.7 Å². The quantitative estimate of drug-likeness (QED) is 0.673. The number of anilines is 1. The third kappa shape index (κ3) is 6.53. The second-order valence-electron chi connectivity index (χ2n) is 6.07. The van der Waals surface area contributed by atoms with Crippen molar-refractivity contribution in [3.63, 3.8) is 0 Å². The highest BCUT2D eigenvalue weighted by molar-refractivity contribution is 7.99. The maximum absolute atomic E-state index is 12.7. The molecular weight excluding hydrogens is 366 g/mol. The van der Waals surface area contributed by atoms with Crippen LogP contribution >= 0.6 is 11.8 Å². The Morgan fingerprint density at radius 2 is 1.96 bits per heavy atom. The minimum atomic E-state index is -0.846. The molecule has 2 N–H and O–H groups in total. The number of nitrogens with one attached hydrogen (secondary N) is 1. The van der Waals surface area contributed by atoms with Gasteiger partial charge in [-0.3, -0.25) is 9.59 Å². The highest BCUT2D eigenvalue weighted by Gasteiger charge is 2.15. The number of carboxylic acid groups (broad SMARTS) is 1. The molecule has 0 aliphatic heterocycles. The van der Waals surface area contributed by atoms with Gasteiger partial charge < -0.3 is 19.9 Å². The highest BCUT2D eigenvalue weighted by atomic mass is 32.2. The molecule has 0 fully saturated rings. The summed E-state index contributed by atoms with van der Waals surface area (Å²) in [6, 6.07) is 12.4. The van der Waals surface area contributed by atoms with E-state index in [9.17, 15) is 9.59 Å². The molecule has 0 radical (unpaired) electrons. The minimum absolute atomic E-state index is 0.0400. The third-order valence-electron chi connectivity index (χ3n) is 3.48. The molecule has 0 aliphatic carbocycles. The summed E-state index contributed by atoms with van der Waals surface area (Å²) in [6.45, 7) is 3.78. The molecule has 0 atom stereocenters. The second kappa shape index (κ2) is 9.87. The Hall–Kier alpha value is -2.67. The fourth-order valence-corrected chi connectivity index (χ4v) is 3.05. The first-order valence-corrected chi connectivity index (χ1v) is 9.59. The van der Waals surface area contributed by atoms with Gasteiger partial charge in [-0.1, -0.05) is 12.1 Å². The normalized spacial score (nSPS) is 10.5. The van der Waals surface area contributed by atoms with Crippen LogP contribution in [0.1, 0.15) is 29.8 Å². The molecule has 0 saturated heterocycles. The number of amides is 1. The first-order valence-electron chi connectivity index (χ1n) is 8.43. The van der Waals surface area contributed by atoms with Crippen molar-refractivity contribution in [1.29, 1.82) is 0 Å². The van der Waals surface area contributed by atoms with Crippen LogP contribution in [-0.4, -0.2) is 35.9 Å². The molecule has 0 unspecified atom stereocenters. The Bertz CT molecular complexity index is 807. The van der Waals surface area contributed by atoms with E-state index in [0.717, 1.165) is 5.56 Å². The molecule has 2 rings (SSSR count). The van der Waals surface area contributed by atoms with Gasteiger partial charge in [0.05, 0.1) is 24.5 Å². The first-order chi connectivity index (χ1) is 12.9. The maximum Gasteiger partial charge on any atom is 0.313 e. The zero-order valence-electron chi connectivity index (χ0n) is 15.5. The van der Waals surface area contributed by atoms with E-state index in [2.05, 4.69) is 5.32 Å². The van der Waals surface area contributed by atoms with Crippen molar-refractivity contribution in [3.05, 3.63) is 53.6 Å². The Morgan fingerprint density at radius 1 is 1.19 bits per heavy atom. The van der Waals surface area contributed by atoms with Crippen LogP contribution in [0.5, 0.6) is 11.5 Å². The minimum Gasteiger partial charge on any atom is -0.497 e. The number of rotatable bonds is 9. The summed E-state index contributed by atoms with van der Waals surface area (Å²) in [4.78, 5) is 23.3. The van der Waals surface area contributed by atoms with Crippen molar-refractivity contribution >= 4 is 29.3 Å². The molecule has 0 aromatic heterocycles. The van der Waals surface area contributed by atoms with Crippen LogP contribution in [0.25, 0.3) is 0 Å². The van der Waals surface area contributed by atoms with Crippen molar-refractivity contribution in [2.24, 2.45) is 0 Å². The SMILES string of the molecule is COc1ccc(C(=O)Nc2cccc(CSCC(=O)O)c2)c(OC(C)C)c1. The molecular formula is C20H23NO5S. The molecule has 0 aliphatic rings. The second-order valence-corrected chi connectivity index (χ2v) is 7.06. The molecule has 0 saturated carbocycles. The van der Waals surface area contributed by atoms with Crippen LogP contribution in [0.2, 0.25) is 0 Å². The van der Waals surface area contributed by atoms with E-state index >= 15 is 0 Å². The number of methoxy groups -OCH3 is 1. The van der Waals surface area contributed by atoms with E-state index < -0.39 is 5.97 Å². The van der Waals surface area contributed by atoms with Gasteiger partial charge in [0.2, 0.25) is 0 Å². The van der Waals surface area contributed by atoms with Crippen molar-refractivity contribution in [1.82, 2.24) is 0 Å². The summed E-state index contributed by atoms with van der Waals surface area (Å²) in [6.07, 6.45) is -0.0850. The van der Waals surface area contributed by atoms with Crippen LogP contribution in [0.4, 0.5) is 5.69 Å². The van der Waals surface area contributed by atoms with Gasteiger partial charge in [0.25, 0.3) is 5.91 Å². The number of benzene rings is 2. The molecule has 0 bridgehead atoms. The average Bonchev–Trinajstić information content (AvgIpc) is 2.61. The molecule has 6 nitrogen and oxygen atoms in total. The monoisotopic (exact) mass is 389 g/mol. The number of aliphatic carboxylic acids is 1. The smallest absolute Gasteiger partial charge is 0.313 e. The summed E-state index contributed by atoms with van der Waals surface area (Å²) < 4.78 is 10.9. The van der Waals surface area contributed by atoms with Crippen LogP contribution in [0, 0.1) is 0 Å². The predicted molar refractivity (Wildman–Crippen MR) is 107 cm³/mol. The summed E-state index contributed by atoms with van der Waals surface area (Å²) in [5.74, 6) is 0.526. The van der Waals surface area contributed by atoms with Crippen LogP contribution < -0.4 is 14.8 Å². The van der Waals surface area contributed by atoms with Gasteiger partial charge in [-0.25, -0.2) is 0 Å². The number of carboxylic acids is 1. The van der Waals surface area contributed by atoms with Crippen molar-refractivity contribution in [2.75, 3.05) is 18.2 Å². The topological polar surface area (TPSA) is 84.9 Å². The molecule has 7 heteroatoms. The van der Waals surface area contributed by atoms with Crippen molar-refractivity contribution < 1.29 is 24.2 Å². The van der Waals surface area contributed by atoms with Gasteiger partial charge in [0.1, 0.15) is 11.5 Å². The first kappa shape index (κ1) is 20.6. The van der Waals surface area contributed by atoms with Crippen LogP contribution in [0.15, 0.2) is 42.5 Å². The lowest BCUT2D eigenvalue weighted by Gasteiger charge is -2.15. The molecule has 0 spiro atoms. The Balaban J connectivity index is 2.13. The van der Waals surface area contributed by atoms with Gasteiger partial charge in [0, 0.05) is 17.5 Å². The molecule has 144 valence electrons. The Labute approximate surface area is 162 Å². The molecule has 27 heavy (non-hydrogen) atoms. The molecule has 0 heterocycles. The summed E-state index contributed by atoms with van der Waals surface area (Å²) in [5, 5.41) is 11.6. The standard InChI is InChI=1S/C20H23NO5S/c1-13(2)26-18-10-16(25-3)7-8-17(18)20(24)21-15-6-4-5-14(9-15)11-27-12-19(22)23/h4-10,13H,11-12H2,1-3H3,(H,21,24)(H,22,23). The number of ether oxygens (including phenoxy) is 2. The van der Waals surface area contributed by atoms with E-state index in [1.165, 1.54) is 11.8 Å². The lowest BCUT2D eigenvalue weighted by Crippen LogP contribution is -2.16. The van der Waals surface area contributed by atoms with E-state index in [1.807, 2.05) is 32.0 Å². The van der Waals surface area contributed by atoms with E-state index in [1.54, 1.807) is 31.4 Å². The zero-order valence-corrected chi connectivity index (χ0v) is 16.3. The Kier molecular flexibility index (Phi) is 7.55. The average molecular weight is 389 g/mol. The Morgan fingerprint density at radius 3 is 2.63 bits per heavy atom. The third-order valence-corrected chi connectivity index (χ3v) is 4.46. The largest absolute Gasteiger partial charge is 0.497 e. The molecule has 2 aromatic carbocycles. The molecule has 2 aromatic rings. The fraction of sp³-hybridized carbons (Fsp3) is 0.300. The summed E-state index contributed by atoms with van der Waals surface area (Å²) in [5.41, 5.74) is 1.99. The maximum atomic E-state index is 12.7. The molecule has 1 amide bonds. The van der Waals surface area contributed by atoms with Gasteiger partial charge >= 0.3 is 5.97 Å². The number of carbonyl (C=O) groups is 2. The van der Waals surface area contributed by atoms with Gasteiger partial charge in [-0.15, -0.1) is 11.8 Å². The zero-order chi connectivity index (χ0) is 19.8. The summed E-state index contributed by atoms with van der Waals surface area (Å²) in [7, 11) is 1.56. The lowest BCUT2D eigenvalue weighted by molar-refractivity contribution is -0.133. The predicted octanol–water partition coefficient (Wildman–Crippen LogP) is 4.05. The van der Waals surface area contributed by atoms with Crippen LogP contribution in [0.3, 0.4) is 0 Å². The number of thioether (sulfide) groups is 1. The van der Waals surface area contributed by atoms with E-state index in [0.29, 0.717) is 28.5 Å². The van der Waals surface area contributed by atoms with Gasteiger partial charge in [0.15, 0.2) is 0 Å². The lowest BCUT2D eigenvalue weighted by atomic mass is 10.1.